The van der Waals surface area contributed by atoms with E-state index in [1.165, 1.54) is 52.1 Å². The van der Waals surface area contributed by atoms with E-state index in [1.807, 2.05) is 16.7 Å². The maximum Gasteiger partial charge on any atom is 0.279 e. The zero-order valence-electron chi connectivity index (χ0n) is 18.1. The molecule has 174 valence electrons. The highest BCUT2D eigenvalue weighted by atomic mass is 35.5. The van der Waals surface area contributed by atoms with Crippen LogP contribution in [0.5, 0.6) is 0 Å². The van der Waals surface area contributed by atoms with E-state index in [1.54, 1.807) is 13.2 Å². The Morgan fingerprint density at radius 1 is 1.18 bits per heavy atom. The zero-order chi connectivity index (χ0) is 24.0. The standard InChI is InChI=1S/C23H24ClN3O4S2/c1-4-13-26(14-5-2)33(29,30)18-11-9-17(10-12-18)22(28)25-23-27(15-16-31-3)21-19(24)7-6-8-20(21)32-23/h4-12H,1-2,13-16H2,3H3. The second-order valence-electron chi connectivity index (χ2n) is 6.96. The number of halogens is 1. The Morgan fingerprint density at radius 3 is 2.45 bits per heavy atom. The summed E-state index contributed by atoms with van der Waals surface area (Å²) in [6.45, 7) is 8.41. The minimum absolute atomic E-state index is 0.0755. The molecule has 0 saturated heterocycles. The summed E-state index contributed by atoms with van der Waals surface area (Å²) in [6.07, 6.45) is 3.02. The van der Waals surface area contributed by atoms with Crippen molar-refractivity contribution in [3.63, 3.8) is 0 Å². The molecule has 10 heteroatoms. The molecule has 1 aromatic heterocycles. The van der Waals surface area contributed by atoms with E-state index < -0.39 is 15.9 Å². The summed E-state index contributed by atoms with van der Waals surface area (Å²) in [6, 6.07) is 11.3. The predicted octanol–water partition coefficient (Wildman–Crippen LogP) is 4.11. The molecule has 33 heavy (non-hydrogen) atoms. The molecule has 2 aromatic carbocycles. The number of thiazole rings is 1. The van der Waals surface area contributed by atoms with Crippen molar-refractivity contribution in [3.05, 3.63) is 83.2 Å². The molecule has 3 aromatic rings. The summed E-state index contributed by atoms with van der Waals surface area (Å²) in [5, 5.41) is 0.562. The van der Waals surface area contributed by atoms with Crippen molar-refractivity contribution >= 4 is 49.1 Å². The van der Waals surface area contributed by atoms with Crippen LogP contribution >= 0.6 is 22.9 Å². The van der Waals surface area contributed by atoms with E-state index in [2.05, 4.69) is 18.2 Å². The number of aromatic nitrogens is 1. The number of carbonyl (C=O) groups is 1. The quantitative estimate of drug-likeness (QED) is 0.388. The summed E-state index contributed by atoms with van der Waals surface area (Å²) in [5.41, 5.74) is 1.06. The highest BCUT2D eigenvalue weighted by molar-refractivity contribution is 7.89. The van der Waals surface area contributed by atoms with Gasteiger partial charge in [-0.25, -0.2) is 8.42 Å². The fourth-order valence-corrected chi connectivity index (χ4v) is 5.99. The SMILES string of the molecule is C=CCN(CC=C)S(=O)(=O)c1ccc(C(=O)N=c2sc3cccc(Cl)c3n2CCOC)cc1. The van der Waals surface area contributed by atoms with Gasteiger partial charge in [0.25, 0.3) is 5.91 Å². The van der Waals surface area contributed by atoms with Crippen LogP contribution in [0.15, 0.2) is 77.7 Å². The first-order valence-corrected chi connectivity index (χ1v) is 12.6. The third-order valence-electron chi connectivity index (χ3n) is 4.77. The number of methoxy groups -OCH3 is 1. The largest absolute Gasteiger partial charge is 0.383 e. The Morgan fingerprint density at radius 2 is 1.85 bits per heavy atom. The third-order valence-corrected chi connectivity index (χ3v) is 7.97. The van der Waals surface area contributed by atoms with Crippen LogP contribution in [0.4, 0.5) is 0 Å². The van der Waals surface area contributed by atoms with Gasteiger partial charge in [-0.2, -0.15) is 9.30 Å². The van der Waals surface area contributed by atoms with Crippen molar-refractivity contribution in [2.45, 2.75) is 11.4 Å². The zero-order valence-corrected chi connectivity index (χ0v) is 20.5. The van der Waals surface area contributed by atoms with Gasteiger partial charge in [0.05, 0.1) is 26.7 Å². The first-order chi connectivity index (χ1) is 15.8. The van der Waals surface area contributed by atoms with Crippen molar-refractivity contribution in [1.29, 1.82) is 0 Å². The molecule has 0 aliphatic heterocycles. The molecule has 1 amide bonds. The van der Waals surface area contributed by atoms with Gasteiger partial charge in [-0.05, 0) is 36.4 Å². The van der Waals surface area contributed by atoms with Gasteiger partial charge in [0.1, 0.15) is 0 Å². The fourth-order valence-electron chi connectivity index (χ4n) is 3.19. The molecule has 1 heterocycles. The minimum atomic E-state index is -3.75. The van der Waals surface area contributed by atoms with E-state index in [-0.39, 0.29) is 23.5 Å². The molecule has 0 radical (unpaired) electrons. The molecule has 0 aliphatic rings. The van der Waals surface area contributed by atoms with Crippen LogP contribution in [-0.4, -0.2) is 50.0 Å². The predicted molar refractivity (Wildman–Crippen MR) is 132 cm³/mol. The Balaban J connectivity index is 1.97. The van der Waals surface area contributed by atoms with Gasteiger partial charge in [0, 0.05) is 32.3 Å². The first-order valence-electron chi connectivity index (χ1n) is 10.0. The van der Waals surface area contributed by atoms with Gasteiger partial charge in [-0.3, -0.25) is 4.79 Å². The van der Waals surface area contributed by atoms with Gasteiger partial charge in [-0.15, -0.1) is 13.2 Å². The Bertz CT molecular complexity index is 1330. The second-order valence-corrected chi connectivity index (χ2v) is 10.3. The average molecular weight is 506 g/mol. The number of ether oxygens (including phenoxy) is 1. The van der Waals surface area contributed by atoms with Crippen LogP contribution < -0.4 is 4.80 Å². The molecule has 7 nitrogen and oxygen atoms in total. The van der Waals surface area contributed by atoms with Gasteiger partial charge < -0.3 is 9.30 Å². The van der Waals surface area contributed by atoms with Crippen LogP contribution in [0.3, 0.4) is 0 Å². The average Bonchev–Trinajstić information content (AvgIpc) is 3.15. The number of rotatable bonds is 10. The van der Waals surface area contributed by atoms with Crippen molar-refractivity contribution in [2.24, 2.45) is 4.99 Å². The Labute approximate surface area is 202 Å². The summed E-state index contributed by atoms with van der Waals surface area (Å²) >= 11 is 7.73. The van der Waals surface area contributed by atoms with Crippen LogP contribution in [0, 0.1) is 0 Å². The summed E-state index contributed by atoms with van der Waals surface area (Å²) in [7, 11) is -2.15. The van der Waals surface area contributed by atoms with Crippen LogP contribution in [-0.2, 0) is 21.3 Å². The molecular formula is C23H24ClN3O4S2. The number of amides is 1. The summed E-state index contributed by atoms with van der Waals surface area (Å²) in [4.78, 5) is 17.7. The normalized spacial score (nSPS) is 12.4. The lowest BCUT2D eigenvalue weighted by atomic mass is 10.2. The molecule has 0 atom stereocenters. The van der Waals surface area contributed by atoms with Crippen molar-refractivity contribution in [3.8, 4) is 0 Å². The van der Waals surface area contributed by atoms with E-state index in [4.69, 9.17) is 16.3 Å². The lowest BCUT2D eigenvalue weighted by Crippen LogP contribution is -2.31. The maximum absolute atomic E-state index is 12.9. The fraction of sp³-hybridized carbons (Fsp3) is 0.217. The number of para-hydroxylation sites is 1. The molecule has 0 aliphatic carbocycles. The molecular weight excluding hydrogens is 482 g/mol. The van der Waals surface area contributed by atoms with Gasteiger partial charge >= 0.3 is 0 Å². The summed E-state index contributed by atoms with van der Waals surface area (Å²) < 4.78 is 34.9. The minimum Gasteiger partial charge on any atom is -0.383 e. The summed E-state index contributed by atoms with van der Waals surface area (Å²) in [5.74, 6) is -0.484. The van der Waals surface area contributed by atoms with Crippen molar-refractivity contribution in [2.75, 3.05) is 26.8 Å². The monoisotopic (exact) mass is 505 g/mol. The number of fused-ring (bicyclic) bond motifs is 1. The number of hydrogen-bond acceptors (Lipinski definition) is 5. The molecule has 0 fully saturated rings. The molecule has 0 N–H and O–H groups in total. The van der Waals surface area contributed by atoms with Crippen molar-refractivity contribution in [1.82, 2.24) is 8.87 Å². The lowest BCUT2D eigenvalue weighted by molar-refractivity contribution is 0.0997. The van der Waals surface area contributed by atoms with Crippen LogP contribution in [0.25, 0.3) is 10.2 Å². The number of carbonyl (C=O) groups excluding carboxylic acids is 1. The van der Waals surface area contributed by atoms with Gasteiger partial charge in [-0.1, -0.05) is 41.2 Å². The highest BCUT2D eigenvalue weighted by Gasteiger charge is 2.22. The number of nitrogens with zero attached hydrogens (tertiary/aromatic N) is 3. The van der Waals surface area contributed by atoms with Gasteiger partial charge in [0.15, 0.2) is 4.80 Å². The maximum atomic E-state index is 12.9. The third kappa shape index (κ3) is 5.51. The van der Waals surface area contributed by atoms with E-state index in [0.717, 1.165) is 10.2 Å². The lowest BCUT2D eigenvalue weighted by Gasteiger charge is -2.19. The van der Waals surface area contributed by atoms with E-state index in [0.29, 0.717) is 23.0 Å². The van der Waals surface area contributed by atoms with Crippen molar-refractivity contribution < 1.29 is 17.9 Å². The number of sulfonamides is 1. The van der Waals surface area contributed by atoms with Crippen LogP contribution in [0.1, 0.15) is 10.4 Å². The molecule has 0 spiro atoms. The number of hydrogen-bond donors (Lipinski definition) is 0. The molecule has 0 bridgehead atoms. The van der Waals surface area contributed by atoms with Gasteiger partial charge in [0.2, 0.25) is 10.0 Å². The molecule has 0 saturated carbocycles. The highest BCUT2D eigenvalue weighted by Crippen LogP contribution is 2.25. The molecule has 0 unspecified atom stereocenters. The Hall–Kier alpha value is -2.56. The van der Waals surface area contributed by atoms with Crippen LogP contribution in [0.2, 0.25) is 5.02 Å². The first kappa shape index (κ1) is 25.1. The van der Waals surface area contributed by atoms with E-state index >= 15 is 0 Å². The van der Waals surface area contributed by atoms with E-state index in [9.17, 15) is 13.2 Å². The topological polar surface area (TPSA) is 81.0 Å². The number of benzene rings is 2. The smallest absolute Gasteiger partial charge is 0.279 e. The molecule has 3 rings (SSSR count). The Kier molecular flexibility index (Phi) is 8.39. The second kappa shape index (κ2) is 11.0.